The topological polar surface area (TPSA) is 67.4 Å². The number of urea groups is 1. The summed E-state index contributed by atoms with van der Waals surface area (Å²) in [5.41, 5.74) is 1.73. The van der Waals surface area contributed by atoms with Crippen LogP contribution in [0.5, 0.6) is 0 Å². The number of benzene rings is 1. The maximum atomic E-state index is 12.1. The molecule has 1 heterocycles. The molecule has 0 unspecified atom stereocenters. The highest BCUT2D eigenvalue weighted by Gasteiger charge is 2.32. The minimum absolute atomic E-state index is 0.284. The normalized spacial score (nSPS) is 18.4. The number of allylic oxidation sites excluding steroid dienone is 1. The first-order valence-corrected chi connectivity index (χ1v) is 7.03. The maximum absolute atomic E-state index is 12.1. The summed E-state index contributed by atoms with van der Waals surface area (Å²) < 4.78 is 5.90. The first kappa shape index (κ1) is 14.6. The quantitative estimate of drug-likeness (QED) is 0.832. The minimum Gasteiger partial charge on any atom is -0.463 e. The number of hydrogen-bond acceptors (Lipinski definition) is 3. The molecule has 2 amide bonds. The van der Waals surface area contributed by atoms with Crippen molar-refractivity contribution in [2.75, 3.05) is 6.61 Å². The van der Waals surface area contributed by atoms with Crippen molar-refractivity contribution in [1.82, 2.24) is 10.6 Å². The van der Waals surface area contributed by atoms with Crippen LogP contribution in [0.3, 0.4) is 0 Å². The molecule has 0 saturated carbocycles. The van der Waals surface area contributed by atoms with Gasteiger partial charge in [-0.3, -0.25) is 0 Å². The Labute approximate surface area is 125 Å². The molecule has 1 aromatic rings. The fraction of sp³-hybridized carbons (Fsp3) is 0.286. The molecule has 1 aliphatic heterocycles. The van der Waals surface area contributed by atoms with Crippen molar-refractivity contribution < 1.29 is 14.3 Å². The van der Waals surface area contributed by atoms with Gasteiger partial charge in [-0.15, -0.1) is 0 Å². The van der Waals surface area contributed by atoms with E-state index in [0.717, 1.165) is 10.0 Å². The van der Waals surface area contributed by atoms with Gasteiger partial charge in [0.2, 0.25) is 0 Å². The average Bonchev–Trinajstić information content (AvgIpc) is 2.38. The maximum Gasteiger partial charge on any atom is 0.338 e. The van der Waals surface area contributed by atoms with Crippen LogP contribution in [-0.2, 0) is 9.53 Å². The summed E-state index contributed by atoms with van der Waals surface area (Å²) >= 11 is 3.44. The van der Waals surface area contributed by atoms with Crippen LogP contribution in [0.15, 0.2) is 40.0 Å². The lowest BCUT2D eigenvalue weighted by Gasteiger charge is -2.28. The van der Waals surface area contributed by atoms with Gasteiger partial charge in [0, 0.05) is 10.2 Å². The van der Waals surface area contributed by atoms with Gasteiger partial charge in [0.25, 0.3) is 0 Å². The SMILES string of the molecule is CCOC(=O)C1=C(C)NC(=O)N[C@@H]1c1ccccc1Br. The Hall–Kier alpha value is -1.82. The second-order valence-corrected chi connectivity index (χ2v) is 5.17. The van der Waals surface area contributed by atoms with E-state index in [1.54, 1.807) is 13.8 Å². The number of carbonyl (C=O) groups excluding carboxylic acids is 2. The summed E-state index contributed by atoms with van der Waals surface area (Å²) in [6, 6.07) is 6.58. The largest absolute Gasteiger partial charge is 0.463 e. The second-order valence-electron chi connectivity index (χ2n) is 4.31. The molecule has 2 rings (SSSR count). The average molecular weight is 339 g/mol. The van der Waals surface area contributed by atoms with E-state index in [9.17, 15) is 9.59 Å². The van der Waals surface area contributed by atoms with Gasteiger partial charge in [-0.05, 0) is 25.5 Å². The Morgan fingerprint density at radius 1 is 1.40 bits per heavy atom. The van der Waals surface area contributed by atoms with Gasteiger partial charge in [0.1, 0.15) is 0 Å². The van der Waals surface area contributed by atoms with E-state index in [2.05, 4.69) is 26.6 Å². The van der Waals surface area contributed by atoms with Crippen LogP contribution < -0.4 is 10.6 Å². The third kappa shape index (κ3) is 2.85. The molecule has 106 valence electrons. The number of carbonyl (C=O) groups is 2. The van der Waals surface area contributed by atoms with Crippen LogP contribution in [-0.4, -0.2) is 18.6 Å². The minimum atomic E-state index is -0.529. The second kappa shape index (κ2) is 6.09. The molecule has 1 aromatic carbocycles. The Kier molecular flexibility index (Phi) is 4.44. The fourth-order valence-electron chi connectivity index (χ4n) is 2.12. The Morgan fingerprint density at radius 3 is 2.75 bits per heavy atom. The van der Waals surface area contributed by atoms with Gasteiger partial charge in [0.15, 0.2) is 0 Å². The molecule has 1 atom stereocenters. The van der Waals surface area contributed by atoms with Gasteiger partial charge in [-0.25, -0.2) is 9.59 Å². The monoisotopic (exact) mass is 338 g/mol. The summed E-state index contributed by atoms with van der Waals surface area (Å²) in [7, 11) is 0. The van der Waals surface area contributed by atoms with Gasteiger partial charge in [-0.2, -0.15) is 0 Å². The molecular formula is C14H15BrN2O3. The van der Waals surface area contributed by atoms with E-state index in [0.29, 0.717) is 11.3 Å². The summed E-state index contributed by atoms with van der Waals surface area (Å²) in [4.78, 5) is 23.8. The molecule has 0 saturated heterocycles. The predicted molar refractivity (Wildman–Crippen MR) is 77.9 cm³/mol. The molecule has 0 radical (unpaired) electrons. The number of hydrogen-bond donors (Lipinski definition) is 2. The van der Waals surface area contributed by atoms with Crippen LogP contribution in [0, 0.1) is 0 Å². The zero-order valence-electron chi connectivity index (χ0n) is 11.2. The number of nitrogens with one attached hydrogen (secondary N) is 2. The molecular weight excluding hydrogens is 324 g/mol. The van der Waals surface area contributed by atoms with Gasteiger partial charge >= 0.3 is 12.0 Å². The summed E-state index contributed by atoms with van der Waals surface area (Å²) in [5, 5.41) is 5.36. The summed E-state index contributed by atoms with van der Waals surface area (Å²) in [6.45, 7) is 3.72. The third-order valence-electron chi connectivity index (χ3n) is 2.98. The first-order valence-electron chi connectivity index (χ1n) is 6.24. The highest BCUT2D eigenvalue weighted by atomic mass is 79.9. The molecule has 6 heteroatoms. The van der Waals surface area contributed by atoms with Gasteiger partial charge < -0.3 is 15.4 Å². The predicted octanol–water partition coefficient (Wildman–Crippen LogP) is 2.64. The van der Waals surface area contributed by atoms with E-state index in [-0.39, 0.29) is 12.6 Å². The van der Waals surface area contributed by atoms with Crippen molar-refractivity contribution in [3.8, 4) is 0 Å². The van der Waals surface area contributed by atoms with Crippen molar-refractivity contribution in [3.63, 3.8) is 0 Å². The highest BCUT2D eigenvalue weighted by Crippen LogP contribution is 2.32. The Balaban J connectivity index is 2.48. The van der Waals surface area contributed by atoms with Crippen molar-refractivity contribution in [2.24, 2.45) is 0 Å². The lowest BCUT2D eigenvalue weighted by Crippen LogP contribution is -2.45. The zero-order valence-corrected chi connectivity index (χ0v) is 12.8. The van der Waals surface area contributed by atoms with Crippen molar-refractivity contribution in [1.29, 1.82) is 0 Å². The molecule has 0 fully saturated rings. The smallest absolute Gasteiger partial charge is 0.338 e. The van der Waals surface area contributed by atoms with Gasteiger partial charge in [0.05, 0.1) is 18.2 Å². The molecule has 2 N–H and O–H groups in total. The Bertz CT molecular complexity index is 584. The molecule has 5 nitrogen and oxygen atoms in total. The van der Waals surface area contributed by atoms with E-state index in [4.69, 9.17) is 4.74 Å². The summed E-state index contributed by atoms with van der Waals surface area (Å²) in [6.07, 6.45) is 0. The lowest BCUT2D eigenvalue weighted by atomic mass is 9.96. The standard InChI is InChI=1S/C14H15BrN2O3/c1-3-20-13(18)11-8(2)16-14(19)17-12(11)9-6-4-5-7-10(9)15/h4-7,12H,3H2,1-2H3,(H2,16,17,19)/t12-/m1/s1. The molecule has 0 aliphatic carbocycles. The van der Waals surface area contributed by atoms with Crippen LogP contribution in [0.25, 0.3) is 0 Å². The van der Waals surface area contributed by atoms with Gasteiger partial charge in [-0.1, -0.05) is 34.1 Å². The van der Waals surface area contributed by atoms with Crippen molar-refractivity contribution in [3.05, 3.63) is 45.6 Å². The summed E-state index contributed by atoms with van der Waals surface area (Å²) in [5.74, 6) is -0.432. The molecule has 0 aromatic heterocycles. The number of halogens is 1. The fourth-order valence-corrected chi connectivity index (χ4v) is 2.63. The Morgan fingerprint density at radius 2 is 2.10 bits per heavy atom. The van der Waals surface area contributed by atoms with Crippen LogP contribution in [0.1, 0.15) is 25.5 Å². The third-order valence-corrected chi connectivity index (χ3v) is 3.70. The van der Waals surface area contributed by atoms with E-state index >= 15 is 0 Å². The van der Waals surface area contributed by atoms with E-state index in [1.165, 1.54) is 0 Å². The lowest BCUT2D eigenvalue weighted by molar-refractivity contribution is -0.139. The van der Waals surface area contributed by atoms with E-state index in [1.807, 2.05) is 24.3 Å². The van der Waals surface area contributed by atoms with E-state index < -0.39 is 12.0 Å². The highest BCUT2D eigenvalue weighted by molar-refractivity contribution is 9.10. The van der Waals surface area contributed by atoms with Crippen molar-refractivity contribution >= 4 is 27.9 Å². The van der Waals surface area contributed by atoms with Crippen molar-refractivity contribution in [2.45, 2.75) is 19.9 Å². The molecule has 20 heavy (non-hydrogen) atoms. The first-order chi connectivity index (χ1) is 9.54. The van der Waals surface area contributed by atoms with Crippen LogP contribution >= 0.6 is 15.9 Å². The van der Waals surface area contributed by atoms with Crippen LogP contribution in [0.2, 0.25) is 0 Å². The number of esters is 1. The number of amides is 2. The van der Waals surface area contributed by atoms with Crippen LogP contribution in [0.4, 0.5) is 4.79 Å². The number of ether oxygens (including phenoxy) is 1. The molecule has 0 bridgehead atoms. The molecule has 0 spiro atoms. The molecule has 1 aliphatic rings. The zero-order chi connectivity index (χ0) is 14.7. The number of rotatable bonds is 3.